The molecular weight excluding hydrogens is 236 g/mol. The van der Waals surface area contributed by atoms with Gasteiger partial charge in [-0.25, -0.2) is 0 Å². The highest BCUT2D eigenvalue weighted by molar-refractivity contribution is 5.40. The molecule has 3 heteroatoms. The van der Waals surface area contributed by atoms with Crippen LogP contribution >= 0.6 is 0 Å². The Morgan fingerprint density at radius 2 is 2.11 bits per heavy atom. The fraction of sp³-hybridized carbons (Fsp3) is 0.625. The number of nitrogens with zero attached hydrogens (tertiary/aromatic N) is 1. The molecule has 1 heterocycles. The number of fused-ring (bicyclic) bond motifs is 1. The van der Waals surface area contributed by atoms with Crippen LogP contribution in [0.2, 0.25) is 0 Å². The van der Waals surface area contributed by atoms with E-state index in [1.54, 1.807) is 0 Å². The lowest BCUT2D eigenvalue weighted by Gasteiger charge is -2.19. The standard InChI is InChI=1S/C16H26N2O/c1-4-18(5-2)9-8-17-12-15-11-14-10-13(3)6-7-16(14)19-15/h6-7,10,15,17H,4-5,8-9,11-12H2,1-3H3. The first-order valence-corrected chi connectivity index (χ1v) is 7.42. The molecule has 1 aliphatic rings. The smallest absolute Gasteiger partial charge is 0.123 e. The number of rotatable bonds is 7. The summed E-state index contributed by atoms with van der Waals surface area (Å²) in [5.41, 5.74) is 2.67. The first-order valence-electron chi connectivity index (χ1n) is 7.42. The van der Waals surface area contributed by atoms with E-state index in [2.05, 4.69) is 49.2 Å². The van der Waals surface area contributed by atoms with Crippen molar-refractivity contribution in [2.45, 2.75) is 33.3 Å². The summed E-state index contributed by atoms with van der Waals surface area (Å²) in [4.78, 5) is 2.43. The second kappa shape index (κ2) is 6.92. The first kappa shape index (κ1) is 14.4. The molecule has 0 bridgehead atoms. The van der Waals surface area contributed by atoms with Crippen molar-refractivity contribution in [2.75, 3.05) is 32.7 Å². The molecule has 1 N–H and O–H groups in total. The molecule has 0 spiro atoms. The summed E-state index contributed by atoms with van der Waals surface area (Å²) in [6.07, 6.45) is 1.34. The van der Waals surface area contributed by atoms with Crippen molar-refractivity contribution in [1.29, 1.82) is 0 Å². The van der Waals surface area contributed by atoms with Crippen LogP contribution in [0.1, 0.15) is 25.0 Å². The van der Waals surface area contributed by atoms with Crippen molar-refractivity contribution in [3.8, 4) is 5.75 Å². The molecule has 0 saturated heterocycles. The Bertz CT molecular complexity index is 402. The lowest BCUT2D eigenvalue weighted by molar-refractivity contribution is 0.222. The normalized spacial score (nSPS) is 17.6. The van der Waals surface area contributed by atoms with E-state index in [1.165, 1.54) is 11.1 Å². The zero-order chi connectivity index (χ0) is 13.7. The molecule has 1 atom stereocenters. The van der Waals surface area contributed by atoms with E-state index in [0.717, 1.165) is 44.9 Å². The molecule has 0 radical (unpaired) electrons. The van der Waals surface area contributed by atoms with Crippen LogP contribution in [0.5, 0.6) is 5.75 Å². The monoisotopic (exact) mass is 262 g/mol. The first-order chi connectivity index (χ1) is 9.22. The molecule has 3 nitrogen and oxygen atoms in total. The highest BCUT2D eigenvalue weighted by Gasteiger charge is 2.22. The number of hydrogen-bond donors (Lipinski definition) is 1. The van der Waals surface area contributed by atoms with Gasteiger partial charge in [-0.1, -0.05) is 31.5 Å². The summed E-state index contributed by atoms with van der Waals surface area (Å²) < 4.78 is 5.95. The van der Waals surface area contributed by atoms with Crippen LogP contribution in [0.3, 0.4) is 0 Å². The fourth-order valence-corrected chi connectivity index (χ4v) is 2.60. The molecule has 106 valence electrons. The van der Waals surface area contributed by atoms with Gasteiger partial charge >= 0.3 is 0 Å². The van der Waals surface area contributed by atoms with Gasteiger partial charge in [-0.05, 0) is 31.6 Å². The van der Waals surface area contributed by atoms with E-state index in [0.29, 0.717) is 6.10 Å². The summed E-state index contributed by atoms with van der Waals surface area (Å²) in [5, 5.41) is 3.51. The lowest BCUT2D eigenvalue weighted by atomic mass is 10.1. The molecule has 1 aromatic carbocycles. The van der Waals surface area contributed by atoms with Crippen LogP contribution < -0.4 is 10.1 Å². The number of hydrogen-bond acceptors (Lipinski definition) is 3. The lowest BCUT2D eigenvalue weighted by Crippen LogP contribution is -2.36. The maximum atomic E-state index is 5.95. The minimum atomic E-state index is 0.300. The van der Waals surface area contributed by atoms with Gasteiger partial charge in [0.1, 0.15) is 11.9 Å². The van der Waals surface area contributed by atoms with Crippen molar-refractivity contribution >= 4 is 0 Å². The Morgan fingerprint density at radius 1 is 1.32 bits per heavy atom. The number of likely N-dealkylation sites (N-methyl/N-ethyl adjacent to an activating group) is 1. The third kappa shape index (κ3) is 3.95. The van der Waals surface area contributed by atoms with Crippen molar-refractivity contribution in [2.24, 2.45) is 0 Å². The van der Waals surface area contributed by atoms with Gasteiger partial charge in [0, 0.05) is 26.1 Å². The Hall–Kier alpha value is -1.06. The average Bonchev–Trinajstić information content (AvgIpc) is 2.80. The third-order valence-corrected chi connectivity index (χ3v) is 3.83. The summed E-state index contributed by atoms with van der Waals surface area (Å²) >= 11 is 0. The van der Waals surface area contributed by atoms with Crippen molar-refractivity contribution in [1.82, 2.24) is 10.2 Å². The van der Waals surface area contributed by atoms with E-state index in [1.807, 2.05) is 0 Å². The zero-order valence-corrected chi connectivity index (χ0v) is 12.4. The Balaban J connectivity index is 1.69. The molecule has 1 unspecified atom stereocenters. The largest absolute Gasteiger partial charge is 0.488 e. The quantitative estimate of drug-likeness (QED) is 0.763. The van der Waals surface area contributed by atoms with Gasteiger partial charge in [-0.15, -0.1) is 0 Å². The second-order valence-corrected chi connectivity index (χ2v) is 5.29. The van der Waals surface area contributed by atoms with Crippen LogP contribution in [-0.2, 0) is 6.42 Å². The van der Waals surface area contributed by atoms with Gasteiger partial charge in [-0.2, -0.15) is 0 Å². The Morgan fingerprint density at radius 3 is 2.84 bits per heavy atom. The second-order valence-electron chi connectivity index (χ2n) is 5.29. The van der Waals surface area contributed by atoms with E-state index >= 15 is 0 Å². The van der Waals surface area contributed by atoms with E-state index in [9.17, 15) is 0 Å². The Kier molecular flexibility index (Phi) is 5.23. The highest BCUT2D eigenvalue weighted by Crippen LogP contribution is 2.29. The summed E-state index contributed by atoms with van der Waals surface area (Å²) in [7, 11) is 0. The topological polar surface area (TPSA) is 24.5 Å². The van der Waals surface area contributed by atoms with Gasteiger partial charge in [0.2, 0.25) is 0 Å². The maximum absolute atomic E-state index is 5.95. The summed E-state index contributed by atoms with van der Waals surface area (Å²) in [5.74, 6) is 1.07. The molecule has 19 heavy (non-hydrogen) atoms. The fourth-order valence-electron chi connectivity index (χ4n) is 2.60. The number of ether oxygens (including phenoxy) is 1. The molecule has 0 aliphatic carbocycles. The number of nitrogens with one attached hydrogen (secondary N) is 1. The average molecular weight is 262 g/mol. The van der Waals surface area contributed by atoms with Crippen LogP contribution in [0.15, 0.2) is 18.2 Å². The molecule has 0 aromatic heterocycles. The Labute approximate surface area is 116 Å². The molecule has 0 saturated carbocycles. The molecule has 1 aromatic rings. The molecule has 2 rings (SSSR count). The van der Waals surface area contributed by atoms with E-state index in [-0.39, 0.29) is 0 Å². The van der Waals surface area contributed by atoms with Crippen molar-refractivity contribution in [3.05, 3.63) is 29.3 Å². The third-order valence-electron chi connectivity index (χ3n) is 3.83. The van der Waals surface area contributed by atoms with Crippen LogP contribution in [0, 0.1) is 6.92 Å². The minimum absolute atomic E-state index is 0.300. The van der Waals surface area contributed by atoms with Crippen LogP contribution in [0.4, 0.5) is 0 Å². The van der Waals surface area contributed by atoms with E-state index < -0.39 is 0 Å². The highest BCUT2D eigenvalue weighted by atomic mass is 16.5. The van der Waals surface area contributed by atoms with Gasteiger partial charge in [-0.3, -0.25) is 0 Å². The minimum Gasteiger partial charge on any atom is -0.488 e. The van der Waals surface area contributed by atoms with Gasteiger partial charge in [0.15, 0.2) is 0 Å². The summed E-state index contributed by atoms with van der Waals surface area (Å²) in [6, 6.07) is 6.46. The summed E-state index contributed by atoms with van der Waals surface area (Å²) in [6.45, 7) is 11.9. The van der Waals surface area contributed by atoms with Crippen LogP contribution in [0.25, 0.3) is 0 Å². The molecule has 0 amide bonds. The SMILES string of the molecule is CCN(CC)CCNCC1Cc2cc(C)ccc2O1. The molecule has 1 aliphatic heterocycles. The number of aryl methyl sites for hydroxylation is 1. The predicted octanol–water partition coefficient (Wildman–Crippen LogP) is 2.23. The van der Waals surface area contributed by atoms with Crippen molar-refractivity contribution < 1.29 is 4.74 Å². The zero-order valence-electron chi connectivity index (χ0n) is 12.4. The number of benzene rings is 1. The maximum Gasteiger partial charge on any atom is 0.123 e. The van der Waals surface area contributed by atoms with Crippen molar-refractivity contribution in [3.63, 3.8) is 0 Å². The van der Waals surface area contributed by atoms with Gasteiger partial charge < -0.3 is 15.0 Å². The predicted molar refractivity (Wildman–Crippen MR) is 80.0 cm³/mol. The van der Waals surface area contributed by atoms with Gasteiger partial charge in [0.25, 0.3) is 0 Å². The van der Waals surface area contributed by atoms with Gasteiger partial charge in [0.05, 0.1) is 0 Å². The van der Waals surface area contributed by atoms with Crippen LogP contribution in [-0.4, -0.2) is 43.7 Å². The molecular formula is C16H26N2O. The van der Waals surface area contributed by atoms with E-state index in [4.69, 9.17) is 4.74 Å². The molecule has 0 fully saturated rings.